The van der Waals surface area contributed by atoms with E-state index in [1.54, 1.807) is 28.8 Å². The fraction of sp³-hybridized carbons (Fsp3) is 0.412. The number of carbonyl (C=O) groups is 1. The van der Waals surface area contributed by atoms with Gasteiger partial charge in [0.1, 0.15) is 0 Å². The van der Waals surface area contributed by atoms with E-state index in [0.29, 0.717) is 30.7 Å². The van der Waals surface area contributed by atoms with Crippen LogP contribution in [0.1, 0.15) is 25.8 Å². The van der Waals surface area contributed by atoms with Crippen LogP contribution in [0.15, 0.2) is 45.7 Å². The van der Waals surface area contributed by atoms with E-state index in [1.165, 1.54) is 15.6 Å². The first-order chi connectivity index (χ1) is 11.9. The molecule has 6 nitrogen and oxygen atoms in total. The Morgan fingerprint density at radius 3 is 2.36 bits per heavy atom. The quantitative estimate of drug-likeness (QED) is 0.738. The molecule has 0 unspecified atom stereocenters. The summed E-state index contributed by atoms with van der Waals surface area (Å²) in [5, 5.41) is 1.88. The number of hydrogen-bond donors (Lipinski definition) is 0. The number of thiazole rings is 1. The Balaban J connectivity index is 2.04. The molecule has 1 aromatic carbocycles. The summed E-state index contributed by atoms with van der Waals surface area (Å²) >= 11 is 1.42. The lowest BCUT2D eigenvalue weighted by molar-refractivity contribution is -0.118. The van der Waals surface area contributed by atoms with Crippen molar-refractivity contribution in [3.63, 3.8) is 0 Å². The van der Waals surface area contributed by atoms with Crippen molar-refractivity contribution >= 4 is 27.3 Å². The van der Waals surface area contributed by atoms with Crippen LogP contribution in [-0.2, 0) is 28.3 Å². The lowest BCUT2D eigenvalue weighted by Gasteiger charge is -2.18. The van der Waals surface area contributed by atoms with Crippen molar-refractivity contribution in [2.75, 3.05) is 13.1 Å². The Morgan fingerprint density at radius 2 is 1.84 bits per heavy atom. The molecule has 0 N–H and O–H groups in total. The lowest BCUT2D eigenvalue weighted by atomic mass is 10.1. The number of hydrogen-bond acceptors (Lipinski definition) is 4. The van der Waals surface area contributed by atoms with Crippen molar-refractivity contribution < 1.29 is 13.2 Å². The summed E-state index contributed by atoms with van der Waals surface area (Å²) in [6.07, 6.45) is 2.68. The predicted molar refractivity (Wildman–Crippen MR) is 98.7 cm³/mol. The van der Waals surface area contributed by atoms with Crippen LogP contribution in [0, 0.1) is 0 Å². The molecule has 1 amide bonds. The standard InChI is InChI=1S/C17H23N3O3S2/c1-4-20(5-2)25(22,23)15-9-6-14(7-10-15)8-11-16(21)18-17-19(3)12-13-24-17/h6-7,9-10,12-13H,4-5,8,11H2,1-3H3. The summed E-state index contributed by atoms with van der Waals surface area (Å²) in [6.45, 7) is 4.52. The van der Waals surface area contributed by atoms with Crippen LogP contribution >= 0.6 is 11.3 Å². The van der Waals surface area contributed by atoms with E-state index in [4.69, 9.17) is 0 Å². The molecule has 0 atom stereocenters. The molecule has 8 heteroatoms. The maximum Gasteiger partial charge on any atom is 0.248 e. The van der Waals surface area contributed by atoms with Crippen molar-refractivity contribution in [1.29, 1.82) is 0 Å². The predicted octanol–water partition coefficient (Wildman–Crippen LogP) is 2.18. The average molecular weight is 382 g/mol. The molecule has 0 fully saturated rings. The molecule has 0 spiro atoms. The normalized spacial score (nSPS) is 12.7. The van der Waals surface area contributed by atoms with Gasteiger partial charge in [0, 0.05) is 38.1 Å². The minimum Gasteiger partial charge on any atom is -0.327 e. The summed E-state index contributed by atoms with van der Waals surface area (Å²) < 4.78 is 28.1. The first-order valence-electron chi connectivity index (χ1n) is 8.15. The highest BCUT2D eigenvalue weighted by Crippen LogP contribution is 2.17. The first-order valence-corrected chi connectivity index (χ1v) is 10.5. The van der Waals surface area contributed by atoms with Gasteiger partial charge in [-0.05, 0) is 24.1 Å². The van der Waals surface area contributed by atoms with Crippen molar-refractivity contribution in [3.05, 3.63) is 46.2 Å². The number of sulfonamides is 1. The minimum absolute atomic E-state index is 0.183. The van der Waals surface area contributed by atoms with Gasteiger partial charge in [0.15, 0.2) is 4.80 Å². The number of benzene rings is 1. The van der Waals surface area contributed by atoms with Crippen molar-refractivity contribution in [1.82, 2.24) is 8.87 Å². The molecule has 25 heavy (non-hydrogen) atoms. The summed E-state index contributed by atoms with van der Waals surface area (Å²) in [4.78, 5) is 17.0. The molecule has 0 radical (unpaired) electrons. The molecule has 0 saturated carbocycles. The zero-order valence-corrected chi connectivity index (χ0v) is 16.3. The summed E-state index contributed by atoms with van der Waals surface area (Å²) in [7, 11) is -1.60. The molecule has 2 rings (SSSR count). The average Bonchev–Trinajstić information content (AvgIpc) is 2.99. The number of nitrogens with zero attached hydrogens (tertiary/aromatic N) is 3. The van der Waals surface area contributed by atoms with Gasteiger partial charge in [0.05, 0.1) is 4.90 Å². The smallest absolute Gasteiger partial charge is 0.248 e. The Labute approximate surface area is 152 Å². The third-order valence-electron chi connectivity index (χ3n) is 3.87. The Bertz CT molecular complexity index is 876. The molecule has 136 valence electrons. The molecule has 0 aliphatic rings. The minimum atomic E-state index is -3.44. The van der Waals surface area contributed by atoms with E-state index >= 15 is 0 Å². The lowest BCUT2D eigenvalue weighted by Crippen LogP contribution is -2.30. The highest BCUT2D eigenvalue weighted by molar-refractivity contribution is 7.89. The van der Waals surface area contributed by atoms with E-state index in [9.17, 15) is 13.2 Å². The van der Waals surface area contributed by atoms with Gasteiger partial charge in [-0.2, -0.15) is 9.30 Å². The SMILES string of the molecule is CCN(CC)S(=O)(=O)c1ccc(CCC(=O)N=c2sccn2C)cc1. The molecule has 2 aromatic rings. The Kier molecular flexibility index (Phi) is 6.69. The largest absolute Gasteiger partial charge is 0.327 e. The highest BCUT2D eigenvalue weighted by atomic mass is 32.2. The van der Waals surface area contributed by atoms with Crippen LogP contribution < -0.4 is 4.80 Å². The van der Waals surface area contributed by atoms with Crippen LogP contribution in [0.25, 0.3) is 0 Å². The van der Waals surface area contributed by atoms with Gasteiger partial charge in [0.2, 0.25) is 15.9 Å². The van der Waals surface area contributed by atoms with E-state index in [-0.39, 0.29) is 10.8 Å². The third-order valence-corrected chi connectivity index (χ3v) is 6.79. The van der Waals surface area contributed by atoms with Gasteiger partial charge < -0.3 is 4.57 Å². The Hall–Kier alpha value is -1.77. The van der Waals surface area contributed by atoms with Crippen molar-refractivity contribution in [2.45, 2.75) is 31.6 Å². The van der Waals surface area contributed by atoms with Crippen LogP contribution in [0.4, 0.5) is 0 Å². The number of carbonyl (C=O) groups excluding carboxylic acids is 1. The molecule has 1 aromatic heterocycles. The molecule has 0 aliphatic carbocycles. The fourth-order valence-electron chi connectivity index (χ4n) is 2.39. The first kappa shape index (κ1) is 19.6. The van der Waals surface area contributed by atoms with E-state index in [0.717, 1.165) is 5.56 Å². The molecular weight excluding hydrogens is 358 g/mol. The molecular formula is C17H23N3O3S2. The molecule has 0 aliphatic heterocycles. The maximum absolute atomic E-state index is 12.4. The fourth-order valence-corrected chi connectivity index (χ4v) is 4.59. The summed E-state index contributed by atoms with van der Waals surface area (Å²) in [5.74, 6) is -0.183. The van der Waals surface area contributed by atoms with Gasteiger partial charge in [-0.25, -0.2) is 8.42 Å². The summed E-state index contributed by atoms with van der Waals surface area (Å²) in [6, 6.07) is 6.72. The second-order valence-electron chi connectivity index (χ2n) is 5.54. The molecule has 1 heterocycles. The van der Waals surface area contributed by atoms with Gasteiger partial charge in [0.25, 0.3) is 0 Å². The van der Waals surface area contributed by atoms with Crippen LogP contribution in [-0.4, -0.2) is 36.3 Å². The zero-order valence-electron chi connectivity index (χ0n) is 14.7. The Morgan fingerprint density at radius 1 is 1.20 bits per heavy atom. The zero-order chi connectivity index (χ0) is 18.4. The van der Waals surface area contributed by atoms with E-state index in [1.807, 2.05) is 32.5 Å². The third kappa shape index (κ3) is 4.87. The van der Waals surface area contributed by atoms with Crippen LogP contribution in [0.2, 0.25) is 0 Å². The van der Waals surface area contributed by atoms with E-state index < -0.39 is 10.0 Å². The second kappa shape index (κ2) is 8.55. The van der Waals surface area contributed by atoms with E-state index in [2.05, 4.69) is 4.99 Å². The van der Waals surface area contributed by atoms with Gasteiger partial charge in [-0.3, -0.25) is 4.79 Å². The van der Waals surface area contributed by atoms with Crippen molar-refractivity contribution in [2.24, 2.45) is 12.0 Å². The van der Waals surface area contributed by atoms with Crippen LogP contribution in [0.3, 0.4) is 0 Å². The number of aromatic nitrogens is 1. The number of rotatable bonds is 7. The number of amides is 1. The second-order valence-corrected chi connectivity index (χ2v) is 8.35. The summed E-state index contributed by atoms with van der Waals surface area (Å²) in [5.41, 5.74) is 0.914. The highest BCUT2D eigenvalue weighted by Gasteiger charge is 2.21. The van der Waals surface area contributed by atoms with Gasteiger partial charge in [-0.15, -0.1) is 11.3 Å². The maximum atomic E-state index is 12.4. The van der Waals surface area contributed by atoms with Crippen molar-refractivity contribution in [3.8, 4) is 0 Å². The topological polar surface area (TPSA) is 71.7 Å². The molecule has 0 bridgehead atoms. The molecule has 0 saturated heterocycles. The van der Waals surface area contributed by atoms with Gasteiger partial charge >= 0.3 is 0 Å². The number of aryl methyl sites for hydroxylation is 2. The van der Waals surface area contributed by atoms with Gasteiger partial charge in [-0.1, -0.05) is 26.0 Å². The van der Waals surface area contributed by atoms with Crippen LogP contribution in [0.5, 0.6) is 0 Å². The monoisotopic (exact) mass is 381 g/mol.